The number of piperidine rings is 1. The number of halogens is 1. The van der Waals surface area contributed by atoms with Gasteiger partial charge in [-0.1, -0.05) is 28.1 Å². The molecule has 1 fully saturated rings. The molecule has 1 heterocycles. The third-order valence-electron chi connectivity index (χ3n) is 2.95. The van der Waals surface area contributed by atoms with Crippen LogP contribution in [0, 0.1) is 6.92 Å². The largest absolute Gasteiger partial charge is 0.316 e. The Balaban J connectivity index is 2.18. The van der Waals surface area contributed by atoms with Gasteiger partial charge in [-0.05, 0) is 49.4 Å². The summed E-state index contributed by atoms with van der Waals surface area (Å²) in [4.78, 5) is 0. The summed E-state index contributed by atoms with van der Waals surface area (Å²) in [5.41, 5.74) is 2.82. The first-order chi connectivity index (χ1) is 6.77. The molecule has 1 aromatic rings. The van der Waals surface area contributed by atoms with Crippen molar-refractivity contribution in [3.63, 3.8) is 0 Å². The van der Waals surface area contributed by atoms with Gasteiger partial charge >= 0.3 is 0 Å². The fourth-order valence-electron chi connectivity index (χ4n) is 2.06. The van der Waals surface area contributed by atoms with Crippen molar-refractivity contribution in [2.75, 3.05) is 13.1 Å². The van der Waals surface area contributed by atoms with Gasteiger partial charge in [0, 0.05) is 11.0 Å². The fraction of sp³-hybridized carbons (Fsp3) is 0.500. The lowest BCUT2D eigenvalue weighted by molar-refractivity contribution is 0.461. The Hall–Kier alpha value is -0.340. The molecule has 1 atom stereocenters. The standard InChI is InChI=1S/C12H16BrN/c1-9-7-10(4-5-12(9)13)11-3-2-6-14-8-11/h4-5,7,11,14H,2-3,6,8H2,1H3. The minimum Gasteiger partial charge on any atom is -0.316 e. The van der Waals surface area contributed by atoms with E-state index in [1.54, 1.807) is 0 Å². The van der Waals surface area contributed by atoms with Crippen molar-refractivity contribution >= 4 is 15.9 Å². The fourth-order valence-corrected chi connectivity index (χ4v) is 2.30. The van der Waals surface area contributed by atoms with E-state index in [-0.39, 0.29) is 0 Å². The summed E-state index contributed by atoms with van der Waals surface area (Å²) in [6.45, 7) is 4.48. The predicted molar refractivity (Wildman–Crippen MR) is 63.7 cm³/mol. The van der Waals surface area contributed by atoms with Gasteiger partial charge in [0.2, 0.25) is 0 Å². The van der Waals surface area contributed by atoms with Crippen LogP contribution in [-0.2, 0) is 0 Å². The van der Waals surface area contributed by atoms with E-state index in [4.69, 9.17) is 0 Å². The Kier molecular flexibility index (Phi) is 3.24. The Morgan fingerprint density at radius 3 is 2.93 bits per heavy atom. The maximum atomic E-state index is 3.54. The zero-order valence-corrected chi connectivity index (χ0v) is 10.1. The molecule has 0 spiro atoms. The van der Waals surface area contributed by atoms with Gasteiger partial charge in [-0.15, -0.1) is 0 Å². The smallest absolute Gasteiger partial charge is 0.0204 e. The number of hydrogen-bond acceptors (Lipinski definition) is 1. The van der Waals surface area contributed by atoms with Crippen molar-refractivity contribution in [2.45, 2.75) is 25.7 Å². The van der Waals surface area contributed by atoms with Crippen LogP contribution in [0.5, 0.6) is 0 Å². The summed E-state index contributed by atoms with van der Waals surface area (Å²) >= 11 is 3.54. The van der Waals surface area contributed by atoms with Crippen LogP contribution < -0.4 is 5.32 Å². The molecule has 1 nitrogen and oxygen atoms in total. The molecular weight excluding hydrogens is 238 g/mol. The summed E-state index contributed by atoms with van der Waals surface area (Å²) in [7, 11) is 0. The van der Waals surface area contributed by atoms with Gasteiger partial charge in [-0.2, -0.15) is 0 Å². The number of hydrogen-bond donors (Lipinski definition) is 1. The average molecular weight is 254 g/mol. The van der Waals surface area contributed by atoms with Crippen LogP contribution in [0.15, 0.2) is 22.7 Å². The van der Waals surface area contributed by atoms with Crippen LogP contribution >= 0.6 is 15.9 Å². The highest BCUT2D eigenvalue weighted by Gasteiger charge is 2.15. The maximum Gasteiger partial charge on any atom is 0.0204 e. The minimum absolute atomic E-state index is 0.718. The number of aryl methyl sites for hydroxylation is 1. The molecule has 1 saturated heterocycles. The lowest BCUT2D eigenvalue weighted by atomic mass is 9.91. The third kappa shape index (κ3) is 2.18. The topological polar surface area (TPSA) is 12.0 Å². The van der Waals surface area contributed by atoms with Crippen molar-refractivity contribution < 1.29 is 0 Å². The van der Waals surface area contributed by atoms with Gasteiger partial charge < -0.3 is 5.32 Å². The molecule has 1 unspecified atom stereocenters. The van der Waals surface area contributed by atoms with E-state index in [1.165, 1.54) is 35.0 Å². The molecule has 0 amide bonds. The highest BCUT2D eigenvalue weighted by atomic mass is 79.9. The third-order valence-corrected chi connectivity index (χ3v) is 3.84. The van der Waals surface area contributed by atoms with Crippen LogP contribution in [0.3, 0.4) is 0 Å². The Morgan fingerprint density at radius 2 is 2.29 bits per heavy atom. The molecule has 1 aliphatic heterocycles. The molecule has 1 aromatic carbocycles. The van der Waals surface area contributed by atoms with Crippen molar-refractivity contribution in [3.05, 3.63) is 33.8 Å². The van der Waals surface area contributed by atoms with E-state index < -0.39 is 0 Å². The van der Waals surface area contributed by atoms with Crippen LogP contribution in [-0.4, -0.2) is 13.1 Å². The van der Waals surface area contributed by atoms with Crippen LogP contribution in [0.25, 0.3) is 0 Å². The van der Waals surface area contributed by atoms with Crippen molar-refractivity contribution in [3.8, 4) is 0 Å². The summed E-state index contributed by atoms with van der Waals surface area (Å²) in [5.74, 6) is 0.718. The average Bonchev–Trinajstić information content (AvgIpc) is 2.23. The second kappa shape index (κ2) is 4.45. The first-order valence-corrected chi connectivity index (χ1v) is 6.03. The molecule has 14 heavy (non-hydrogen) atoms. The van der Waals surface area contributed by atoms with E-state index >= 15 is 0 Å². The lowest BCUT2D eigenvalue weighted by Gasteiger charge is -2.23. The van der Waals surface area contributed by atoms with Gasteiger partial charge in [0.05, 0.1) is 0 Å². The Bertz CT molecular complexity index is 316. The molecule has 0 radical (unpaired) electrons. The molecule has 0 aliphatic carbocycles. The van der Waals surface area contributed by atoms with Gasteiger partial charge in [-0.3, -0.25) is 0 Å². The second-order valence-electron chi connectivity index (χ2n) is 4.05. The zero-order valence-electron chi connectivity index (χ0n) is 8.52. The van der Waals surface area contributed by atoms with E-state index in [1.807, 2.05) is 0 Å². The van der Waals surface area contributed by atoms with E-state index in [2.05, 4.69) is 46.4 Å². The Labute approximate surface area is 94.0 Å². The molecule has 1 N–H and O–H groups in total. The monoisotopic (exact) mass is 253 g/mol. The maximum absolute atomic E-state index is 3.54. The highest BCUT2D eigenvalue weighted by molar-refractivity contribution is 9.10. The van der Waals surface area contributed by atoms with Crippen molar-refractivity contribution in [2.24, 2.45) is 0 Å². The second-order valence-corrected chi connectivity index (χ2v) is 4.91. The quantitative estimate of drug-likeness (QED) is 0.811. The van der Waals surface area contributed by atoms with Crippen LogP contribution in [0.4, 0.5) is 0 Å². The molecule has 76 valence electrons. The number of rotatable bonds is 1. The first-order valence-electron chi connectivity index (χ1n) is 5.24. The lowest BCUT2D eigenvalue weighted by Crippen LogP contribution is -2.28. The van der Waals surface area contributed by atoms with Gasteiger partial charge in [-0.25, -0.2) is 0 Å². The van der Waals surface area contributed by atoms with Gasteiger partial charge in [0.1, 0.15) is 0 Å². The van der Waals surface area contributed by atoms with E-state index in [9.17, 15) is 0 Å². The molecule has 2 rings (SSSR count). The van der Waals surface area contributed by atoms with E-state index in [0.29, 0.717) is 0 Å². The van der Waals surface area contributed by atoms with Gasteiger partial charge in [0.25, 0.3) is 0 Å². The predicted octanol–water partition coefficient (Wildman–Crippen LogP) is 3.22. The summed E-state index contributed by atoms with van der Waals surface area (Å²) < 4.78 is 1.21. The molecule has 0 saturated carbocycles. The molecule has 1 aliphatic rings. The highest BCUT2D eigenvalue weighted by Crippen LogP contribution is 2.26. The SMILES string of the molecule is Cc1cc(C2CCCNC2)ccc1Br. The summed E-state index contributed by atoms with van der Waals surface area (Å²) in [5, 5.41) is 3.46. The van der Waals surface area contributed by atoms with Gasteiger partial charge in [0.15, 0.2) is 0 Å². The van der Waals surface area contributed by atoms with E-state index in [0.717, 1.165) is 12.5 Å². The number of benzene rings is 1. The van der Waals surface area contributed by atoms with Crippen molar-refractivity contribution in [1.82, 2.24) is 5.32 Å². The minimum atomic E-state index is 0.718. The summed E-state index contributed by atoms with van der Waals surface area (Å²) in [6, 6.07) is 6.72. The molecule has 2 heteroatoms. The van der Waals surface area contributed by atoms with Crippen LogP contribution in [0.2, 0.25) is 0 Å². The van der Waals surface area contributed by atoms with Crippen LogP contribution in [0.1, 0.15) is 29.9 Å². The first kappa shape index (κ1) is 10.2. The molecule has 0 aromatic heterocycles. The normalized spacial score (nSPS) is 22.3. The zero-order chi connectivity index (χ0) is 9.97. The Morgan fingerprint density at radius 1 is 1.43 bits per heavy atom. The summed E-state index contributed by atoms with van der Waals surface area (Å²) in [6.07, 6.45) is 2.63. The molecular formula is C12H16BrN. The molecule has 0 bridgehead atoms. The number of nitrogens with one attached hydrogen (secondary N) is 1. The van der Waals surface area contributed by atoms with Crippen molar-refractivity contribution in [1.29, 1.82) is 0 Å².